The summed E-state index contributed by atoms with van der Waals surface area (Å²) in [5.74, 6) is -1.02. The van der Waals surface area contributed by atoms with Gasteiger partial charge in [-0.2, -0.15) is 0 Å². The number of rotatable bonds is 4. The van der Waals surface area contributed by atoms with Crippen LogP contribution < -0.4 is 16.4 Å². The van der Waals surface area contributed by atoms with Crippen molar-refractivity contribution in [1.82, 2.24) is 0 Å². The van der Waals surface area contributed by atoms with E-state index in [4.69, 9.17) is 11.5 Å². The maximum atomic E-state index is 14.1. The molecule has 0 spiro atoms. The van der Waals surface area contributed by atoms with E-state index in [2.05, 4.69) is 0 Å². The zero-order chi connectivity index (χ0) is 14.0. The van der Waals surface area contributed by atoms with Gasteiger partial charge in [0, 0.05) is 18.3 Å². The van der Waals surface area contributed by atoms with E-state index in [1.54, 1.807) is 0 Å². The first-order valence-corrected chi connectivity index (χ1v) is 6.70. The van der Waals surface area contributed by atoms with Crippen molar-refractivity contribution >= 4 is 17.3 Å². The number of amides is 1. The number of hydrogen-bond donors (Lipinski definition) is 2. The maximum absolute atomic E-state index is 14.1. The molecule has 19 heavy (non-hydrogen) atoms. The number of benzene rings is 1. The van der Waals surface area contributed by atoms with Gasteiger partial charge in [0.25, 0.3) is 5.91 Å². The highest BCUT2D eigenvalue weighted by Gasteiger charge is 2.25. The molecule has 1 aromatic rings. The summed E-state index contributed by atoms with van der Waals surface area (Å²) in [6.45, 7) is 2.68. The minimum absolute atomic E-state index is 0.0937. The summed E-state index contributed by atoms with van der Waals surface area (Å²) >= 11 is 0. The Labute approximate surface area is 112 Å². The standard InChI is InChI=1S/C14H20FN3O/c1-2-18(9-5-3-4-6-9)13-7-10(14(17)19)12(16)8-11(13)15/h7-9H,2-6,16H2,1H3,(H2,17,19). The Balaban J connectivity index is 2.41. The van der Waals surface area contributed by atoms with E-state index in [1.165, 1.54) is 25.0 Å². The zero-order valence-corrected chi connectivity index (χ0v) is 11.2. The molecule has 104 valence electrons. The zero-order valence-electron chi connectivity index (χ0n) is 11.2. The van der Waals surface area contributed by atoms with Crippen molar-refractivity contribution in [2.45, 2.75) is 38.6 Å². The number of anilines is 2. The molecule has 5 heteroatoms. The number of nitrogens with zero attached hydrogens (tertiary/aromatic N) is 1. The minimum atomic E-state index is -0.624. The summed E-state index contributed by atoms with van der Waals surface area (Å²) in [5.41, 5.74) is 11.6. The van der Waals surface area contributed by atoms with Crippen LogP contribution in [0.1, 0.15) is 43.0 Å². The predicted octanol–water partition coefficient (Wildman–Crippen LogP) is 2.28. The second-order valence-corrected chi connectivity index (χ2v) is 4.98. The number of hydrogen-bond acceptors (Lipinski definition) is 3. The summed E-state index contributed by atoms with van der Waals surface area (Å²) in [7, 11) is 0. The van der Waals surface area contributed by atoms with Crippen molar-refractivity contribution in [2.75, 3.05) is 17.2 Å². The number of nitrogens with two attached hydrogens (primary N) is 2. The van der Waals surface area contributed by atoms with Crippen LogP contribution in [-0.2, 0) is 0 Å². The molecule has 1 amide bonds. The largest absolute Gasteiger partial charge is 0.398 e. The van der Waals surface area contributed by atoms with Crippen LogP contribution in [0.4, 0.5) is 15.8 Å². The summed E-state index contributed by atoms with van der Waals surface area (Å²) in [6, 6.07) is 3.01. The Morgan fingerprint density at radius 1 is 1.42 bits per heavy atom. The van der Waals surface area contributed by atoms with E-state index in [1.807, 2.05) is 11.8 Å². The van der Waals surface area contributed by atoms with Gasteiger partial charge in [-0.3, -0.25) is 4.79 Å². The maximum Gasteiger partial charge on any atom is 0.250 e. The van der Waals surface area contributed by atoms with Crippen LogP contribution in [0.3, 0.4) is 0 Å². The highest BCUT2D eigenvalue weighted by atomic mass is 19.1. The van der Waals surface area contributed by atoms with Gasteiger partial charge < -0.3 is 16.4 Å². The second kappa shape index (κ2) is 5.47. The normalized spacial score (nSPS) is 15.7. The first kappa shape index (κ1) is 13.6. The summed E-state index contributed by atoms with van der Waals surface area (Å²) in [4.78, 5) is 13.3. The molecule has 2 rings (SSSR count). The van der Waals surface area contributed by atoms with Crippen molar-refractivity contribution in [2.24, 2.45) is 5.73 Å². The van der Waals surface area contributed by atoms with Gasteiger partial charge in [-0.15, -0.1) is 0 Å². The van der Waals surface area contributed by atoms with E-state index in [0.29, 0.717) is 18.3 Å². The van der Waals surface area contributed by atoms with Crippen molar-refractivity contribution in [3.8, 4) is 0 Å². The molecule has 0 heterocycles. The number of nitrogen functional groups attached to an aromatic ring is 1. The average Bonchev–Trinajstić information content (AvgIpc) is 2.86. The van der Waals surface area contributed by atoms with Crippen LogP contribution in [0, 0.1) is 5.82 Å². The fourth-order valence-corrected chi connectivity index (χ4v) is 2.85. The molecule has 0 unspecified atom stereocenters. The van der Waals surface area contributed by atoms with Gasteiger partial charge in [0.05, 0.1) is 11.3 Å². The molecule has 1 aliphatic rings. The Morgan fingerprint density at radius 3 is 2.58 bits per heavy atom. The smallest absolute Gasteiger partial charge is 0.250 e. The Bertz CT molecular complexity index is 484. The monoisotopic (exact) mass is 265 g/mol. The number of carbonyl (C=O) groups is 1. The van der Waals surface area contributed by atoms with Crippen LogP contribution in [0.25, 0.3) is 0 Å². The van der Waals surface area contributed by atoms with E-state index in [9.17, 15) is 9.18 Å². The van der Waals surface area contributed by atoms with Crippen molar-refractivity contribution in [1.29, 1.82) is 0 Å². The summed E-state index contributed by atoms with van der Waals surface area (Å²) < 4.78 is 14.1. The molecule has 0 aromatic heterocycles. The van der Waals surface area contributed by atoms with Crippen molar-refractivity contribution in [3.63, 3.8) is 0 Å². The molecule has 0 aliphatic heterocycles. The average molecular weight is 265 g/mol. The summed E-state index contributed by atoms with van der Waals surface area (Å²) in [6.07, 6.45) is 4.45. The molecule has 0 saturated heterocycles. The number of carbonyl (C=O) groups excluding carboxylic acids is 1. The highest BCUT2D eigenvalue weighted by molar-refractivity contribution is 5.99. The lowest BCUT2D eigenvalue weighted by Gasteiger charge is -2.30. The third kappa shape index (κ3) is 2.64. The Morgan fingerprint density at radius 2 is 2.05 bits per heavy atom. The van der Waals surface area contributed by atoms with Gasteiger partial charge >= 0.3 is 0 Å². The molecule has 1 aliphatic carbocycles. The topological polar surface area (TPSA) is 72.3 Å². The van der Waals surface area contributed by atoms with Crippen molar-refractivity contribution < 1.29 is 9.18 Å². The molecule has 0 bridgehead atoms. The van der Waals surface area contributed by atoms with Gasteiger partial charge in [0.15, 0.2) is 0 Å². The molecule has 4 N–H and O–H groups in total. The minimum Gasteiger partial charge on any atom is -0.398 e. The van der Waals surface area contributed by atoms with Gasteiger partial charge in [-0.05, 0) is 31.9 Å². The van der Waals surface area contributed by atoms with Crippen LogP contribution in [-0.4, -0.2) is 18.5 Å². The molecule has 1 fully saturated rings. The predicted molar refractivity (Wildman–Crippen MR) is 74.6 cm³/mol. The Kier molecular flexibility index (Phi) is 3.93. The van der Waals surface area contributed by atoms with Gasteiger partial charge in [0.2, 0.25) is 0 Å². The first-order chi connectivity index (χ1) is 9.04. The SMILES string of the molecule is CCN(c1cc(C(N)=O)c(N)cc1F)C1CCCC1. The van der Waals surface area contributed by atoms with Crippen molar-refractivity contribution in [3.05, 3.63) is 23.5 Å². The molecular formula is C14H20FN3O. The number of primary amides is 1. The van der Waals surface area contributed by atoms with Gasteiger partial charge in [-0.1, -0.05) is 12.8 Å². The van der Waals surface area contributed by atoms with Crippen LogP contribution in [0.2, 0.25) is 0 Å². The van der Waals surface area contributed by atoms with E-state index >= 15 is 0 Å². The molecule has 1 saturated carbocycles. The lowest BCUT2D eigenvalue weighted by atomic mass is 10.1. The van der Waals surface area contributed by atoms with Crippen LogP contribution in [0.5, 0.6) is 0 Å². The van der Waals surface area contributed by atoms with Gasteiger partial charge in [0.1, 0.15) is 5.82 Å². The van der Waals surface area contributed by atoms with E-state index in [0.717, 1.165) is 12.8 Å². The first-order valence-electron chi connectivity index (χ1n) is 6.70. The lowest BCUT2D eigenvalue weighted by Crippen LogP contribution is -2.34. The fourth-order valence-electron chi connectivity index (χ4n) is 2.85. The Hall–Kier alpha value is -1.78. The van der Waals surface area contributed by atoms with Crippen LogP contribution >= 0.6 is 0 Å². The highest BCUT2D eigenvalue weighted by Crippen LogP contribution is 2.32. The molecular weight excluding hydrogens is 245 g/mol. The molecule has 0 atom stereocenters. The van der Waals surface area contributed by atoms with Crippen LogP contribution in [0.15, 0.2) is 12.1 Å². The fraction of sp³-hybridized carbons (Fsp3) is 0.500. The number of halogens is 1. The lowest BCUT2D eigenvalue weighted by molar-refractivity contribution is 0.100. The molecule has 1 aromatic carbocycles. The molecule has 4 nitrogen and oxygen atoms in total. The summed E-state index contributed by atoms with van der Waals surface area (Å²) in [5, 5.41) is 0. The second-order valence-electron chi connectivity index (χ2n) is 4.98. The van der Waals surface area contributed by atoms with E-state index in [-0.39, 0.29) is 11.3 Å². The third-order valence-corrected chi connectivity index (χ3v) is 3.80. The quantitative estimate of drug-likeness (QED) is 0.820. The van der Waals surface area contributed by atoms with Gasteiger partial charge in [-0.25, -0.2) is 4.39 Å². The molecule has 0 radical (unpaired) electrons. The van der Waals surface area contributed by atoms with E-state index < -0.39 is 11.7 Å². The third-order valence-electron chi connectivity index (χ3n) is 3.80.